The molecule has 90 valence electrons. The maximum atomic E-state index is 11.3. The van der Waals surface area contributed by atoms with Gasteiger partial charge in [0.1, 0.15) is 12.2 Å². The first-order valence-electron chi connectivity index (χ1n) is 5.26. The van der Waals surface area contributed by atoms with Crippen LogP contribution < -0.4 is 0 Å². The number of hydrogen-bond acceptors (Lipinski definition) is 4. The van der Waals surface area contributed by atoms with Crippen LogP contribution in [0.2, 0.25) is 0 Å². The van der Waals surface area contributed by atoms with E-state index in [2.05, 4.69) is 0 Å². The lowest BCUT2D eigenvalue weighted by molar-refractivity contribution is -0.0103. The third-order valence-electron chi connectivity index (χ3n) is 2.35. The highest BCUT2D eigenvalue weighted by atomic mass is 16.7. The summed E-state index contributed by atoms with van der Waals surface area (Å²) in [6.45, 7) is 4.45. The maximum absolute atomic E-state index is 11.3. The third kappa shape index (κ3) is 4.06. The minimum absolute atomic E-state index is 0.212. The molecule has 0 amide bonds. The molecule has 1 unspecified atom stereocenters. The third-order valence-corrected chi connectivity index (χ3v) is 2.35. The van der Waals surface area contributed by atoms with Gasteiger partial charge in [0.05, 0.1) is 6.61 Å². The van der Waals surface area contributed by atoms with Crippen LogP contribution in [-0.4, -0.2) is 32.1 Å². The van der Waals surface area contributed by atoms with Gasteiger partial charge < -0.3 is 14.2 Å². The predicted octanol–water partition coefficient (Wildman–Crippen LogP) is 2.45. The van der Waals surface area contributed by atoms with Crippen molar-refractivity contribution in [3.8, 4) is 0 Å². The van der Waals surface area contributed by atoms with Gasteiger partial charge in [-0.1, -0.05) is 17.7 Å². The number of ether oxygens (including phenoxy) is 3. The van der Waals surface area contributed by atoms with Crippen molar-refractivity contribution in [3.05, 3.63) is 23.8 Å². The van der Waals surface area contributed by atoms with E-state index >= 15 is 0 Å². The second kappa shape index (κ2) is 5.70. The first kappa shape index (κ1) is 12.8. The quantitative estimate of drug-likeness (QED) is 0.545. The Bertz CT molecular complexity index is 306. The van der Waals surface area contributed by atoms with Crippen LogP contribution in [0.25, 0.3) is 0 Å². The molecular weight excluding hydrogens is 208 g/mol. The van der Waals surface area contributed by atoms with E-state index in [1.807, 2.05) is 32.1 Å². The van der Waals surface area contributed by atoms with Crippen molar-refractivity contribution in [3.63, 3.8) is 0 Å². The van der Waals surface area contributed by atoms with Gasteiger partial charge in [-0.05, 0) is 19.9 Å². The molecule has 0 heterocycles. The van der Waals surface area contributed by atoms with Crippen LogP contribution in [0.5, 0.6) is 0 Å². The van der Waals surface area contributed by atoms with Crippen LogP contribution >= 0.6 is 0 Å². The zero-order valence-corrected chi connectivity index (χ0v) is 9.99. The summed E-state index contributed by atoms with van der Waals surface area (Å²) in [6, 6.07) is 0. The number of rotatable bonds is 4. The Hall–Kier alpha value is -1.29. The van der Waals surface area contributed by atoms with E-state index in [4.69, 9.17) is 14.2 Å². The molecule has 1 aliphatic carbocycles. The second-order valence-electron chi connectivity index (χ2n) is 3.99. The molecule has 16 heavy (non-hydrogen) atoms. The normalized spacial score (nSPS) is 23.8. The number of carbonyl (C=O) groups is 1. The van der Waals surface area contributed by atoms with Gasteiger partial charge in [-0.2, -0.15) is 0 Å². The van der Waals surface area contributed by atoms with Gasteiger partial charge in [0.25, 0.3) is 0 Å². The fraction of sp³-hybridized carbons (Fsp3) is 0.583. The molecule has 4 nitrogen and oxygen atoms in total. The van der Waals surface area contributed by atoms with E-state index in [-0.39, 0.29) is 6.61 Å². The van der Waals surface area contributed by atoms with Crippen molar-refractivity contribution in [2.45, 2.75) is 25.9 Å². The van der Waals surface area contributed by atoms with Gasteiger partial charge in [0.15, 0.2) is 0 Å². The fourth-order valence-corrected chi connectivity index (χ4v) is 1.31. The van der Waals surface area contributed by atoms with E-state index in [0.29, 0.717) is 13.0 Å². The molecule has 0 aromatic heterocycles. The topological polar surface area (TPSA) is 44.8 Å². The Labute approximate surface area is 95.9 Å². The van der Waals surface area contributed by atoms with Gasteiger partial charge in [-0.25, -0.2) is 4.79 Å². The van der Waals surface area contributed by atoms with E-state index < -0.39 is 11.8 Å². The van der Waals surface area contributed by atoms with Crippen LogP contribution in [0, 0.1) is 0 Å². The van der Waals surface area contributed by atoms with Gasteiger partial charge in [-0.15, -0.1) is 0 Å². The predicted molar refractivity (Wildman–Crippen MR) is 60.2 cm³/mol. The number of hydrogen-bond donors (Lipinski definition) is 0. The molecule has 0 saturated carbocycles. The van der Waals surface area contributed by atoms with E-state index in [1.165, 1.54) is 5.57 Å². The number of carbonyl (C=O) groups excluding carboxylic acids is 1. The minimum Gasteiger partial charge on any atom is -0.432 e. The Morgan fingerprint density at radius 2 is 2.25 bits per heavy atom. The fourth-order valence-electron chi connectivity index (χ4n) is 1.31. The molecule has 0 radical (unpaired) electrons. The average Bonchev–Trinajstić information content (AvgIpc) is 2.23. The van der Waals surface area contributed by atoms with Gasteiger partial charge in [-0.3, -0.25) is 0 Å². The highest BCUT2D eigenvalue weighted by Gasteiger charge is 2.27. The van der Waals surface area contributed by atoms with Crippen molar-refractivity contribution < 1.29 is 19.0 Å². The number of allylic oxidation sites excluding steroid dienone is 2. The number of methoxy groups -OCH3 is 1. The summed E-state index contributed by atoms with van der Waals surface area (Å²) < 4.78 is 14.8. The summed E-state index contributed by atoms with van der Waals surface area (Å²) in [5.41, 5.74) is 0.581. The highest BCUT2D eigenvalue weighted by Crippen LogP contribution is 2.24. The molecular formula is C12H18O4. The van der Waals surface area contributed by atoms with Crippen LogP contribution in [-0.2, 0) is 14.2 Å². The molecule has 0 fully saturated rings. The summed E-state index contributed by atoms with van der Waals surface area (Å²) in [5, 5.41) is 0. The standard InChI is InChI=1S/C12H18O4/c1-10-4-6-12(2,7-5-10)16-11(13)15-9-8-14-3/h4-6H,7-9H2,1-3H3. The molecule has 0 aromatic rings. The molecule has 0 N–H and O–H groups in total. The SMILES string of the molecule is COCCOC(=O)OC1(C)C=CC(C)=CC1. The van der Waals surface area contributed by atoms with Crippen molar-refractivity contribution in [2.75, 3.05) is 20.3 Å². The first-order valence-corrected chi connectivity index (χ1v) is 5.26. The summed E-state index contributed by atoms with van der Waals surface area (Å²) in [7, 11) is 1.55. The summed E-state index contributed by atoms with van der Waals surface area (Å²) >= 11 is 0. The van der Waals surface area contributed by atoms with Crippen molar-refractivity contribution >= 4 is 6.16 Å². The Kier molecular flexibility index (Phi) is 4.55. The van der Waals surface area contributed by atoms with E-state index in [0.717, 1.165) is 0 Å². The monoisotopic (exact) mass is 226 g/mol. The summed E-state index contributed by atoms with van der Waals surface area (Å²) in [6.07, 6.45) is 5.86. The lowest BCUT2D eigenvalue weighted by atomic mass is 9.94. The Balaban J connectivity index is 2.36. The molecule has 0 aliphatic heterocycles. The lowest BCUT2D eigenvalue weighted by Gasteiger charge is -2.26. The molecule has 0 bridgehead atoms. The average molecular weight is 226 g/mol. The molecule has 0 saturated heterocycles. The largest absolute Gasteiger partial charge is 0.509 e. The first-order chi connectivity index (χ1) is 7.56. The van der Waals surface area contributed by atoms with Crippen LogP contribution in [0.4, 0.5) is 4.79 Å². The molecule has 1 rings (SSSR count). The Morgan fingerprint density at radius 1 is 1.50 bits per heavy atom. The highest BCUT2D eigenvalue weighted by molar-refractivity contribution is 5.61. The van der Waals surface area contributed by atoms with Crippen molar-refractivity contribution in [1.82, 2.24) is 0 Å². The maximum Gasteiger partial charge on any atom is 0.509 e. The molecule has 1 aliphatic rings. The minimum atomic E-state index is -0.655. The Morgan fingerprint density at radius 3 is 2.81 bits per heavy atom. The molecule has 0 aromatic carbocycles. The van der Waals surface area contributed by atoms with E-state index in [9.17, 15) is 4.79 Å². The van der Waals surface area contributed by atoms with Crippen LogP contribution in [0.3, 0.4) is 0 Å². The molecule has 1 atom stereocenters. The molecule has 4 heteroatoms. The molecule has 0 spiro atoms. The summed E-state index contributed by atoms with van der Waals surface area (Å²) in [5.74, 6) is 0. The van der Waals surface area contributed by atoms with Crippen molar-refractivity contribution in [1.29, 1.82) is 0 Å². The van der Waals surface area contributed by atoms with Crippen LogP contribution in [0.1, 0.15) is 20.3 Å². The van der Waals surface area contributed by atoms with Crippen LogP contribution in [0.15, 0.2) is 23.8 Å². The zero-order chi connectivity index (χ0) is 12.0. The van der Waals surface area contributed by atoms with Gasteiger partial charge in [0.2, 0.25) is 0 Å². The lowest BCUT2D eigenvalue weighted by Crippen LogP contribution is -2.31. The smallest absolute Gasteiger partial charge is 0.432 e. The second-order valence-corrected chi connectivity index (χ2v) is 3.99. The van der Waals surface area contributed by atoms with Gasteiger partial charge >= 0.3 is 6.16 Å². The van der Waals surface area contributed by atoms with Crippen molar-refractivity contribution in [2.24, 2.45) is 0 Å². The summed E-state index contributed by atoms with van der Waals surface area (Å²) in [4.78, 5) is 11.3. The van der Waals surface area contributed by atoms with E-state index in [1.54, 1.807) is 7.11 Å². The van der Waals surface area contributed by atoms with Gasteiger partial charge in [0, 0.05) is 13.5 Å². The zero-order valence-electron chi connectivity index (χ0n) is 9.99.